The predicted molar refractivity (Wildman–Crippen MR) is 64.6 cm³/mol. The van der Waals surface area contributed by atoms with Gasteiger partial charge in [-0.1, -0.05) is 11.6 Å². The van der Waals surface area contributed by atoms with Crippen molar-refractivity contribution in [2.45, 2.75) is 6.92 Å². The lowest BCUT2D eigenvalue weighted by atomic mass is 10.1. The molecule has 0 aliphatic heterocycles. The van der Waals surface area contributed by atoms with Gasteiger partial charge < -0.3 is 9.72 Å². The van der Waals surface area contributed by atoms with Gasteiger partial charge in [0.1, 0.15) is 11.5 Å². The molecule has 0 unspecified atom stereocenters. The van der Waals surface area contributed by atoms with Crippen LogP contribution in [0.15, 0.2) is 12.1 Å². The van der Waals surface area contributed by atoms with E-state index in [0.29, 0.717) is 6.29 Å². The number of esters is 1. The first kappa shape index (κ1) is 12.6. The third kappa shape index (κ3) is 1.97. The minimum absolute atomic E-state index is 0.0462. The van der Waals surface area contributed by atoms with E-state index in [1.165, 1.54) is 6.07 Å². The van der Waals surface area contributed by atoms with Gasteiger partial charge in [0.2, 0.25) is 0 Å². The fraction of sp³-hybridized carbons (Fsp3) is 0.167. The van der Waals surface area contributed by atoms with Crippen molar-refractivity contribution < 1.29 is 18.7 Å². The number of ether oxygens (including phenoxy) is 1. The van der Waals surface area contributed by atoms with Crippen molar-refractivity contribution in [2.75, 3.05) is 6.61 Å². The minimum Gasteiger partial charge on any atom is -0.461 e. The van der Waals surface area contributed by atoms with Crippen LogP contribution in [0.5, 0.6) is 0 Å². The lowest BCUT2D eigenvalue weighted by Gasteiger charge is -1.98. The van der Waals surface area contributed by atoms with E-state index in [9.17, 15) is 14.0 Å². The number of nitrogens with one attached hydrogen (secondary N) is 1. The number of benzene rings is 1. The van der Waals surface area contributed by atoms with Crippen LogP contribution in [0.4, 0.5) is 4.39 Å². The average molecular weight is 270 g/mol. The van der Waals surface area contributed by atoms with E-state index in [0.717, 1.165) is 6.07 Å². The third-order valence-electron chi connectivity index (χ3n) is 2.46. The molecule has 0 saturated carbocycles. The van der Waals surface area contributed by atoms with Crippen LogP contribution in [0.25, 0.3) is 10.9 Å². The van der Waals surface area contributed by atoms with Crippen molar-refractivity contribution in [3.05, 3.63) is 34.2 Å². The highest BCUT2D eigenvalue weighted by molar-refractivity contribution is 6.31. The molecule has 4 nitrogen and oxygen atoms in total. The first-order valence-corrected chi connectivity index (χ1v) is 5.59. The van der Waals surface area contributed by atoms with Crippen LogP contribution < -0.4 is 0 Å². The summed E-state index contributed by atoms with van der Waals surface area (Å²) in [5.41, 5.74) is 0.0393. The van der Waals surface area contributed by atoms with Gasteiger partial charge in [-0.05, 0) is 19.1 Å². The van der Waals surface area contributed by atoms with Crippen molar-refractivity contribution in [1.82, 2.24) is 4.98 Å². The Kier molecular flexibility index (Phi) is 3.34. The van der Waals surface area contributed by atoms with Crippen molar-refractivity contribution in [1.29, 1.82) is 0 Å². The molecule has 0 saturated heterocycles. The van der Waals surface area contributed by atoms with Crippen LogP contribution in [0.1, 0.15) is 27.8 Å². The van der Waals surface area contributed by atoms with E-state index < -0.39 is 11.8 Å². The standard InChI is InChI=1S/C12H9ClFNO3/c1-2-18-12(17)11-8(5-16)7-3-6(13)4-9(14)10(7)15-11/h3-5,15H,2H2,1H3. The second kappa shape index (κ2) is 4.78. The number of aldehydes is 1. The molecule has 94 valence electrons. The molecule has 1 heterocycles. The molecule has 0 bridgehead atoms. The molecule has 18 heavy (non-hydrogen) atoms. The summed E-state index contributed by atoms with van der Waals surface area (Å²) in [6, 6.07) is 2.52. The van der Waals surface area contributed by atoms with E-state index in [1.54, 1.807) is 6.92 Å². The zero-order chi connectivity index (χ0) is 13.3. The van der Waals surface area contributed by atoms with E-state index in [-0.39, 0.29) is 33.8 Å². The van der Waals surface area contributed by atoms with Gasteiger partial charge in [0.15, 0.2) is 6.29 Å². The highest BCUT2D eigenvalue weighted by Crippen LogP contribution is 2.27. The first-order valence-electron chi connectivity index (χ1n) is 5.21. The Morgan fingerprint density at radius 3 is 2.89 bits per heavy atom. The van der Waals surface area contributed by atoms with Crippen molar-refractivity contribution in [3.8, 4) is 0 Å². The Balaban J connectivity index is 2.72. The summed E-state index contributed by atoms with van der Waals surface area (Å²) in [4.78, 5) is 25.2. The van der Waals surface area contributed by atoms with Crippen molar-refractivity contribution in [2.24, 2.45) is 0 Å². The van der Waals surface area contributed by atoms with Gasteiger partial charge in [-0.15, -0.1) is 0 Å². The van der Waals surface area contributed by atoms with Gasteiger partial charge in [-0.3, -0.25) is 4.79 Å². The normalized spacial score (nSPS) is 10.6. The molecule has 0 fully saturated rings. The number of carbonyl (C=O) groups is 2. The van der Waals surface area contributed by atoms with Crippen LogP contribution in [0.2, 0.25) is 5.02 Å². The molecule has 2 rings (SSSR count). The number of aromatic amines is 1. The Morgan fingerprint density at radius 2 is 2.28 bits per heavy atom. The SMILES string of the molecule is CCOC(=O)c1[nH]c2c(F)cc(Cl)cc2c1C=O. The van der Waals surface area contributed by atoms with Gasteiger partial charge in [0.05, 0.1) is 17.7 Å². The van der Waals surface area contributed by atoms with Crippen LogP contribution in [-0.4, -0.2) is 23.8 Å². The van der Waals surface area contributed by atoms with Gasteiger partial charge in [-0.2, -0.15) is 0 Å². The lowest BCUT2D eigenvalue weighted by molar-refractivity contribution is 0.0518. The number of H-pyrrole nitrogens is 1. The van der Waals surface area contributed by atoms with Crippen LogP contribution in [-0.2, 0) is 4.74 Å². The maximum Gasteiger partial charge on any atom is 0.355 e. The number of hydrogen-bond acceptors (Lipinski definition) is 3. The second-order valence-electron chi connectivity index (χ2n) is 3.56. The molecule has 0 atom stereocenters. The highest BCUT2D eigenvalue weighted by atomic mass is 35.5. The topological polar surface area (TPSA) is 59.2 Å². The smallest absolute Gasteiger partial charge is 0.355 e. The van der Waals surface area contributed by atoms with E-state index in [2.05, 4.69) is 4.98 Å². The predicted octanol–water partition coefficient (Wildman–Crippen LogP) is 2.95. The summed E-state index contributed by atoms with van der Waals surface area (Å²) in [6.07, 6.45) is 0.473. The minimum atomic E-state index is -0.702. The number of carbonyl (C=O) groups excluding carboxylic acids is 2. The molecule has 0 radical (unpaired) electrons. The molecule has 0 aliphatic rings. The van der Waals surface area contributed by atoms with Gasteiger partial charge >= 0.3 is 5.97 Å². The largest absolute Gasteiger partial charge is 0.461 e. The number of halogens is 2. The number of fused-ring (bicyclic) bond motifs is 1. The monoisotopic (exact) mass is 269 g/mol. The molecule has 0 amide bonds. The summed E-state index contributed by atoms with van der Waals surface area (Å²) in [6.45, 7) is 1.80. The lowest BCUT2D eigenvalue weighted by Crippen LogP contribution is -2.07. The Labute approximate surface area is 107 Å². The molecule has 6 heteroatoms. The summed E-state index contributed by atoms with van der Waals surface area (Å²) in [7, 11) is 0. The molecule has 1 aromatic heterocycles. The maximum atomic E-state index is 13.6. The Hall–Kier alpha value is -1.88. The van der Waals surface area contributed by atoms with Crippen LogP contribution in [0, 0.1) is 5.82 Å². The Morgan fingerprint density at radius 1 is 1.56 bits per heavy atom. The molecular weight excluding hydrogens is 261 g/mol. The summed E-state index contributed by atoms with van der Waals surface area (Å²) < 4.78 is 18.4. The molecule has 0 aliphatic carbocycles. The molecule has 0 spiro atoms. The van der Waals surface area contributed by atoms with Crippen LogP contribution in [0.3, 0.4) is 0 Å². The third-order valence-corrected chi connectivity index (χ3v) is 2.68. The fourth-order valence-corrected chi connectivity index (χ4v) is 1.93. The van der Waals surface area contributed by atoms with Gasteiger partial charge in [0, 0.05) is 10.4 Å². The van der Waals surface area contributed by atoms with Crippen molar-refractivity contribution in [3.63, 3.8) is 0 Å². The zero-order valence-corrected chi connectivity index (χ0v) is 10.2. The number of aromatic nitrogens is 1. The quantitative estimate of drug-likeness (QED) is 0.688. The molecule has 2 aromatic rings. The number of rotatable bonds is 3. The highest BCUT2D eigenvalue weighted by Gasteiger charge is 2.20. The van der Waals surface area contributed by atoms with Gasteiger partial charge in [0.25, 0.3) is 0 Å². The number of hydrogen-bond donors (Lipinski definition) is 1. The van der Waals surface area contributed by atoms with E-state index in [1.807, 2.05) is 0 Å². The van der Waals surface area contributed by atoms with Gasteiger partial charge in [-0.25, -0.2) is 9.18 Å². The summed E-state index contributed by atoms with van der Waals surface area (Å²) >= 11 is 5.72. The van der Waals surface area contributed by atoms with E-state index >= 15 is 0 Å². The molecule has 1 N–H and O–H groups in total. The fourth-order valence-electron chi connectivity index (χ4n) is 1.73. The average Bonchev–Trinajstić information content (AvgIpc) is 2.68. The maximum absolute atomic E-state index is 13.6. The van der Waals surface area contributed by atoms with Crippen LogP contribution >= 0.6 is 11.6 Å². The summed E-state index contributed by atoms with van der Waals surface area (Å²) in [5, 5.41) is 0.413. The summed E-state index contributed by atoms with van der Waals surface area (Å²) in [5.74, 6) is -1.33. The molecule has 1 aromatic carbocycles. The second-order valence-corrected chi connectivity index (χ2v) is 4.00. The first-order chi connectivity index (χ1) is 8.58. The molecular formula is C12H9ClFNO3. The van der Waals surface area contributed by atoms with E-state index in [4.69, 9.17) is 16.3 Å². The zero-order valence-electron chi connectivity index (χ0n) is 9.42. The Bertz CT molecular complexity index is 636. The van der Waals surface area contributed by atoms with Crippen molar-refractivity contribution >= 4 is 34.8 Å².